The molecule has 2 rings (SSSR count). The van der Waals surface area contributed by atoms with E-state index in [0.717, 1.165) is 5.33 Å². The molecular formula is C10H9Br2N. The van der Waals surface area contributed by atoms with Crippen LogP contribution >= 0.6 is 32.9 Å². The van der Waals surface area contributed by atoms with Crippen LogP contribution in [0.25, 0.3) is 10.8 Å². The van der Waals surface area contributed by atoms with E-state index in [4.69, 9.17) is 0 Å². The van der Waals surface area contributed by atoms with E-state index in [1.165, 1.54) is 16.3 Å². The number of rotatable bonds is 1. The average molecular weight is 303 g/mol. The lowest BCUT2D eigenvalue weighted by atomic mass is 10.1. The second-order valence-corrected chi connectivity index (χ2v) is 3.25. The van der Waals surface area contributed by atoms with Gasteiger partial charge in [0.05, 0.1) is 0 Å². The Labute approximate surface area is 96.1 Å². The number of hydrogen-bond donors (Lipinski definition) is 0. The third-order valence-electron chi connectivity index (χ3n) is 1.86. The first-order chi connectivity index (χ1) is 5.90. The highest BCUT2D eigenvalue weighted by atomic mass is 79.9. The van der Waals surface area contributed by atoms with E-state index in [0.29, 0.717) is 0 Å². The van der Waals surface area contributed by atoms with E-state index < -0.39 is 0 Å². The lowest BCUT2D eigenvalue weighted by Gasteiger charge is -1.98. The van der Waals surface area contributed by atoms with Crippen LogP contribution in [-0.2, 0) is 5.33 Å². The van der Waals surface area contributed by atoms with Gasteiger partial charge in [-0.25, -0.2) is 0 Å². The van der Waals surface area contributed by atoms with E-state index in [2.05, 4.69) is 39.1 Å². The van der Waals surface area contributed by atoms with Crippen molar-refractivity contribution >= 4 is 43.7 Å². The van der Waals surface area contributed by atoms with Gasteiger partial charge in [-0.3, -0.25) is 4.98 Å². The molecule has 0 amide bonds. The first-order valence-corrected chi connectivity index (χ1v) is 4.91. The Morgan fingerprint density at radius 1 is 1.15 bits per heavy atom. The van der Waals surface area contributed by atoms with Crippen molar-refractivity contribution in [3.05, 3.63) is 42.2 Å². The Kier molecular flexibility index (Phi) is 3.88. The average Bonchev–Trinajstić information content (AvgIpc) is 2.17. The zero-order valence-corrected chi connectivity index (χ0v) is 10.2. The summed E-state index contributed by atoms with van der Waals surface area (Å²) in [6.45, 7) is 0. The number of fused-ring (bicyclic) bond motifs is 1. The van der Waals surface area contributed by atoms with Crippen molar-refractivity contribution in [2.45, 2.75) is 5.33 Å². The molecule has 1 aromatic heterocycles. The number of nitrogens with zero attached hydrogens (tertiary/aromatic N) is 1. The van der Waals surface area contributed by atoms with Crippen molar-refractivity contribution in [2.75, 3.05) is 0 Å². The normalized spacial score (nSPS) is 9.62. The molecule has 0 N–H and O–H groups in total. The van der Waals surface area contributed by atoms with Gasteiger partial charge in [0.15, 0.2) is 0 Å². The van der Waals surface area contributed by atoms with E-state index in [1.807, 2.05) is 18.5 Å². The third-order valence-corrected chi connectivity index (χ3v) is 2.51. The largest absolute Gasteiger partial charge is 0.264 e. The van der Waals surface area contributed by atoms with Gasteiger partial charge in [0.25, 0.3) is 0 Å². The van der Waals surface area contributed by atoms with Gasteiger partial charge in [-0.15, -0.1) is 17.0 Å². The van der Waals surface area contributed by atoms with Gasteiger partial charge in [-0.2, -0.15) is 0 Å². The molecule has 3 heteroatoms. The van der Waals surface area contributed by atoms with Gasteiger partial charge in [0, 0.05) is 23.1 Å². The highest BCUT2D eigenvalue weighted by Gasteiger charge is 1.93. The molecule has 0 aliphatic heterocycles. The van der Waals surface area contributed by atoms with Gasteiger partial charge < -0.3 is 0 Å². The number of pyridine rings is 1. The van der Waals surface area contributed by atoms with Crippen LogP contribution in [0.1, 0.15) is 5.56 Å². The standard InChI is InChI=1S/C10H8BrN.BrH/c11-6-8-1-2-9-3-4-12-7-10(9)5-8;/h1-5,7H,6H2;1H. The zero-order chi connectivity index (χ0) is 8.39. The highest BCUT2D eigenvalue weighted by Crippen LogP contribution is 2.15. The molecule has 2 aromatic rings. The van der Waals surface area contributed by atoms with Crippen LogP contribution in [0.15, 0.2) is 36.7 Å². The summed E-state index contributed by atoms with van der Waals surface area (Å²) in [4.78, 5) is 4.07. The van der Waals surface area contributed by atoms with Gasteiger partial charge in [-0.1, -0.05) is 28.1 Å². The number of aromatic nitrogens is 1. The Balaban J connectivity index is 0.000000845. The maximum Gasteiger partial charge on any atom is 0.0346 e. The Morgan fingerprint density at radius 3 is 2.77 bits per heavy atom. The molecule has 0 radical (unpaired) electrons. The van der Waals surface area contributed by atoms with Crippen LogP contribution in [0.4, 0.5) is 0 Å². The fourth-order valence-electron chi connectivity index (χ4n) is 1.22. The smallest absolute Gasteiger partial charge is 0.0346 e. The van der Waals surface area contributed by atoms with Crippen molar-refractivity contribution in [2.24, 2.45) is 0 Å². The van der Waals surface area contributed by atoms with Gasteiger partial charge >= 0.3 is 0 Å². The van der Waals surface area contributed by atoms with E-state index in [-0.39, 0.29) is 17.0 Å². The van der Waals surface area contributed by atoms with Crippen LogP contribution < -0.4 is 0 Å². The molecule has 0 fully saturated rings. The lowest BCUT2D eigenvalue weighted by molar-refractivity contribution is 1.35. The van der Waals surface area contributed by atoms with E-state index in [9.17, 15) is 0 Å². The monoisotopic (exact) mass is 301 g/mol. The maximum absolute atomic E-state index is 4.07. The molecule has 0 saturated carbocycles. The SMILES string of the molecule is Br.BrCc1ccc2ccncc2c1. The fraction of sp³-hybridized carbons (Fsp3) is 0.100. The molecule has 1 heterocycles. The first-order valence-electron chi connectivity index (χ1n) is 3.79. The molecule has 0 spiro atoms. The summed E-state index contributed by atoms with van der Waals surface area (Å²) < 4.78 is 0. The molecule has 0 unspecified atom stereocenters. The summed E-state index contributed by atoms with van der Waals surface area (Å²) in [5.41, 5.74) is 1.29. The molecule has 1 nitrogen and oxygen atoms in total. The topological polar surface area (TPSA) is 12.9 Å². The Hall–Kier alpha value is -0.410. The predicted octanol–water partition coefficient (Wildman–Crippen LogP) is 3.71. The van der Waals surface area contributed by atoms with Gasteiger partial charge in [0.1, 0.15) is 0 Å². The number of benzene rings is 1. The maximum atomic E-state index is 4.07. The van der Waals surface area contributed by atoms with Crippen LogP contribution in [-0.4, -0.2) is 4.98 Å². The fourth-order valence-corrected chi connectivity index (χ4v) is 1.57. The van der Waals surface area contributed by atoms with Crippen LogP contribution in [0.3, 0.4) is 0 Å². The highest BCUT2D eigenvalue weighted by molar-refractivity contribution is 9.08. The second-order valence-electron chi connectivity index (χ2n) is 2.69. The van der Waals surface area contributed by atoms with Crippen LogP contribution in [0.2, 0.25) is 0 Å². The van der Waals surface area contributed by atoms with E-state index >= 15 is 0 Å². The Morgan fingerprint density at radius 2 is 2.00 bits per heavy atom. The van der Waals surface area contributed by atoms with Crippen LogP contribution in [0.5, 0.6) is 0 Å². The van der Waals surface area contributed by atoms with Crippen molar-refractivity contribution in [3.8, 4) is 0 Å². The molecule has 13 heavy (non-hydrogen) atoms. The van der Waals surface area contributed by atoms with Gasteiger partial charge in [0.2, 0.25) is 0 Å². The molecule has 68 valence electrons. The molecule has 0 bridgehead atoms. The molecule has 1 aromatic carbocycles. The summed E-state index contributed by atoms with van der Waals surface area (Å²) in [6, 6.07) is 8.41. The Bertz CT molecular complexity index is 401. The van der Waals surface area contributed by atoms with Crippen molar-refractivity contribution in [1.29, 1.82) is 0 Å². The number of alkyl halides is 1. The van der Waals surface area contributed by atoms with Crippen molar-refractivity contribution in [1.82, 2.24) is 4.98 Å². The summed E-state index contributed by atoms with van der Waals surface area (Å²) in [7, 11) is 0. The summed E-state index contributed by atoms with van der Waals surface area (Å²) in [5.74, 6) is 0. The van der Waals surface area contributed by atoms with Crippen molar-refractivity contribution in [3.63, 3.8) is 0 Å². The summed E-state index contributed by atoms with van der Waals surface area (Å²) >= 11 is 3.42. The molecule has 0 aliphatic rings. The molecule has 0 saturated heterocycles. The van der Waals surface area contributed by atoms with E-state index in [1.54, 1.807) is 0 Å². The number of halogens is 2. The quantitative estimate of drug-likeness (QED) is 0.732. The minimum atomic E-state index is 0. The first kappa shape index (κ1) is 10.7. The lowest BCUT2D eigenvalue weighted by Crippen LogP contribution is -1.79. The van der Waals surface area contributed by atoms with Crippen LogP contribution in [0, 0.1) is 0 Å². The molecule has 0 aliphatic carbocycles. The summed E-state index contributed by atoms with van der Waals surface area (Å²) in [6.07, 6.45) is 3.71. The molecule has 0 atom stereocenters. The second kappa shape index (κ2) is 4.72. The third kappa shape index (κ3) is 2.29. The minimum absolute atomic E-state index is 0. The van der Waals surface area contributed by atoms with Gasteiger partial charge in [-0.05, 0) is 23.1 Å². The summed E-state index contributed by atoms with van der Waals surface area (Å²) in [5, 5.41) is 3.35. The minimum Gasteiger partial charge on any atom is -0.264 e. The van der Waals surface area contributed by atoms with Crippen molar-refractivity contribution < 1.29 is 0 Å². The zero-order valence-electron chi connectivity index (χ0n) is 6.90. The number of hydrogen-bond acceptors (Lipinski definition) is 1. The molecular weight excluding hydrogens is 294 g/mol. The predicted molar refractivity (Wildman–Crippen MR) is 64.7 cm³/mol.